The highest BCUT2D eigenvalue weighted by Gasteiger charge is 2.25. The zero-order valence-corrected chi connectivity index (χ0v) is 9.04. The summed E-state index contributed by atoms with van der Waals surface area (Å²) in [4.78, 5) is 0. The van der Waals surface area contributed by atoms with E-state index in [0.29, 0.717) is 5.25 Å². The van der Waals surface area contributed by atoms with Crippen molar-refractivity contribution in [3.05, 3.63) is 0 Å². The van der Waals surface area contributed by atoms with E-state index in [1.165, 1.54) is 6.26 Å². The van der Waals surface area contributed by atoms with Crippen molar-refractivity contribution in [3.63, 3.8) is 0 Å². The van der Waals surface area contributed by atoms with Gasteiger partial charge < -0.3 is 0 Å². The molecule has 0 aromatic carbocycles. The fourth-order valence-electron chi connectivity index (χ4n) is 1.56. The predicted molar refractivity (Wildman–Crippen MR) is 52.9 cm³/mol. The first kappa shape index (κ1) is 10.3. The lowest BCUT2D eigenvalue weighted by Gasteiger charge is -2.09. The molecule has 0 spiro atoms. The van der Waals surface area contributed by atoms with Gasteiger partial charge in [-0.05, 0) is 25.5 Å². The molecule has 0 aliphatic heterocycles. The second kappa shape index (κ2) is 3.98. The molecule has 1 aliphatic carbocycles. The fraction of sp³-hybridized carbons (Fsp3) is 1.00. The molecule has 0 bridgehead atoms. The second-order valence-corrected chi connectivity index (χ2v) is 6.18. The van der Waals surface area contributed by atoms with E-state index in [-0.39, 0.29) is 6.04 Å². The number of hydrogen-bond acceptors (Lipinski definition) is 3. The van der Waals surface area contributed by atoms with Crippen LogP contribution in [0.3, 0.4) is 0 Å². The third kappa shape index (κ3) is 3.33. The van der Waals surface area contributed by atoms with Gasteiger partial charge >= 0.3 is 0 Å². The monoisotopic (exact) mass is 209 g/mol. The molecule has 12 heavy (non-hydrogen) atoms. The molecule has 2 unspecified atom stereocenters. The Morgan fingerprint density at radius 1 is 1.42 bits per heavy atom. The minimum absolute atomic E-state index is 0.178. The molecule has 0 aromatic rings. The third-order valence-electron chi connectivity index (χ3n) is 2.10. The average Bonchev–Trinajstić information content (AvgIpc) is 2.32. The maximum absolute atomic E-state index is 10.9. The summed E-state index contributed by atoms with van der Waals surface area (Å²) in [5.41, 5.74) is 0. The van der Waals surface area contributed by atoms with E-state index in [4.69, 9.17) is 0 Å². The van der Waals surface area contributed by atoms with Crippen molar-refractivity contribution in [2.24, 2.45) is 0 Å². The van der Waals surface area contributed by atoms with Gasteiger partial charge in [0.2, 0.25) is 10.0 Å². The van der Waals surface area contributed by atoms with Crippen LogP contribution >= 0.6 is 11.8 Å². The molecule has 1 rings (SSSR count). The SMILES string of the molecule is CSC1CCC(NS(C)(=O)=O)C1. The van der Waals surface area contributed by atoms with Crippen LogP contribution in [0.4, 0.5) is 0 Å². The predicted octanol–water partition coefficient (Wildman–Crippen LogP) is 0.820. The molecule has 0 radical (unpaired) electrons. The first-order chi connectivity index (χ1) is 5.51. The van der Waals surface area contributed by atoms with E-state index >= 15 is 0 Å². The van der Waals surface area contributed by atoms with Crippen molar-refractivity contribution < 1.29 is 8.42 Å². The van der Waals surface area contributed by atoms with Crippen LogP contribution in [0.25, 0.3) is 0 Å². The van der Waals surface area contributed by atoms with Gasteiger partial charge in [0.05, 0.1) is 6.26 Å². The van der Waals surface area contributed by atoms with Gasteiger partial charge in [-0.15, -0.1) is 0 Å². The van der Waals surface area contributed by atoms with Gasteiger partial charge in [-0.25, -0.2) is 13.1 Å². The topological polar surface area (TPSA) is 46.2 Å². The quantitative estimate of drug-likeness (QED) is 0.748. The molecule has 1 aliphatic rings. The molecule has 72 valence electrons. The second-order valence-electron chi connectivity index (χ2n) is 3.26. The summed E-state index contributed by atoms with van der Waals surface area (Å²) in [6, 6.07) is 0.178. The summed E-state index contributed by atoms with van der Waals surface area (Å²) < 4.78 is 24.4. The largest absolute Gasteiger partial charge is 0.213 e. The zero-order chi connectivity index (χ0) is 9.19. The summed E-state index contributed by atoms with van der Waals surface area (Å²) in [6.07, 6.45) is 6.40. The van der Waals surface area contributed by atoms with Crippen LogP contribution in [0.15, 0.2) is 0 Å². The minimum atomic E-state index is -3.00. The van der Waals surface area contributed by atoms with E-state index in [0.717, 1.165) is 19.3 Å². The maximum atomic E-state index is 10.9. The molecule has 0 aromatic heterocycles. The molecule has 5 heteroatoms. The van der Waals surface area contributed by atoms with E-state index < -0.39 is 10.0 Å². The highest BCUT2D eigenvalue weighted by Crippen LogP contribution is 2.28. The molecule has 2 atom stereocenters. The first-order valence-electron chi connectivity index (χ1n) is 4.01. The molecular weight excluding hydrogens is 194 g/mol. The molecule has 0 saturated heterocycles. The summed E-state index contributed by atoms with van der Waals surface area (Å²) in [5, 5.41) is 0.643. The molecule has 1 saturated carbocycles. The molecule has 0 amide bonds. The molecule has 0 heterocycles. The van der Waals surface area contributed by atoms with Gasteiger partial charge in [-0.3, -0.25) is 0 Å². The average molecular weight is 209 g/mol. The summed E-state index contributed by atoms with van der Waals surface area (Å²) >= 11 is 1.83. The first-order valence-corrected chi connectivity index (χ1v) is 7.19. The Kier molecular flexibility index (Phi) is 3.43. The Balaban J connectivity index is 2.38. The number of nitrogens with one attached hydrogen (secondary N) is 1. The lowest BCUT2D eigenvalue weighted by molar-refractivity contribution is 0.558. The van der Waals surface area contributed by atoms with Gasteiger partial charge in [0.15, 0.2) is 0 Å². The highest BCUT2D eigenvalue weighted by molar-refractivity contribution is 7.99. The summed E-state index contributed by atoms with van der Waals surface area (Å²) in [7, 11) is -3.00. The Morgan fingerprint density at radius 3 is 2.50 bits per heavy atom. The number of rotatable bonds is 3. The van der Waals surface area contributed by atoms with Crippen molar-refractivity contribution in [1.29, 1.82) is 0 Å². The van der Waals surface area contributed by atoms with Crippen LogP contribution in [0.2, 0.25) is 0 Å². The Labute approximate surface area is 78.4 Å². The van der Waals surface area contributed by atoms with Crippen molar-refractivity contribution in [3.8, 4) is 0 Å². The van der Waals surface area contributed by atoms with Gasteiger partial charge in [0, 0.05) is 11.3 Å². The molecule has 1 N–H and O–H groups in total. The van der Waals surface area contributed by atoms with E-state index in [9.17, 15) is 8.42 Å². The lowest BCUT2D eigenvalue weighted by Crippen LogP contribution is -2.32. The van der Waals surface area contributed by atoms with Crippen LogP contribution in [-0.4, -0.2) is 32.2 Å². The van der Waals surface area contributed by atoms with Crippen molar-refractivity contribution in [1.82, 2.24) is 4.72 Å². The van der Waals surface area contributed by atoms with Gasteiger partial charge in [-0.2, -0.15) is 11.8 Å². The van der Waals surface area contributed by atoms with E-state index in [1.54, 1.807) is 0 Å². The Hall–Kier alpha value is 0.260. The van der Waals surface area contributed by atoms with Crippen molar-refractivity contribution in [2.45, 2.75) is 30.6 Å². The van der Waals surface area contributed by atoms with Crippen LogP contribution in [0.1, 0.15) is 19.3 Å². The number of sulfonamides is 1. The van der Waals surface area contributed by atoms with Crippen molar-refractivity contribution in [2.75, 3.05) is 12.5 Å². The third-order valence-corrected chi connectivity index (χ3v) is 3.95. The number of thioether (sulfide) groups is 1. The van der Waals surface area contributed by atoms with Crippen LogP contribution in [0, 0.1) is 0 Å². The smallest absolute Gasteiger partial charge is 0.208 e. The van der Waals surface area contributed by atoms with Crippen LogP contribution in [0.5, 0.6) is 0 Å². The zero-order valence-electron chi connectivity index (χ0n) is 7.41. The number of hydrogen-bond donors (Lipinski definition) is 1. The fourth-order valence-corrected chi connectivity index (χ4v) is 3.18. The molecular formula is C7H15NO2S2. The maximum Gasteiger partial charge on any atom is 0.208 e. The summed E-state index contributed by atoms with van der Waals surface area (Å²) in [6.45, 7) is 0. The van der Waals surface area contributed by atoms with Gasteiger partial charge in [0.1, 0.15) is 0 Å². The molecule has 3 nitrogen and oxygen atoms in total. The Morgan fingerprint density at radius 2 is 2.08 bits per heavy atom. The molecule has 1 fully saturated rings. The minimum Gasteiger partial charge on any atom is -0.213 e. The van der Waals surface area contributed by atoms with Crippen molar-refractivity contribution >= 4 is 21.8 Å². The van der Waals surface area contributed by atoms with Crippen LogP contribution in [-0.2, 0) is 10.0 Å². The van der Waals surface area contributed by atoms with Crippen LogP contribution < -0.4 is 4.72 Å². The summed E-state index contributed by atoms with van der Waals surface area (Å²) in [5.74, 6) is 0. The lowest BCUT2D eigenvalue weighted by atomic mass is 10.3. The standard InChI is InChI=1S/C7H15NO2S2/c1-11-7-4-3-6(5-7)8-12(2,9)10/h6-8H,3-5H2,1-2H3. The van der Waals surface area contributed by atoms with E-state index in [1.807, 2.05) is 11.8 Å². The Bertz CT molecular complexity index is 238. The van der Waals surface area contributed by atoms with Gasteiger partial charge in [-0.1, -0.05) is 0 Å². The normalized spacial score (nSPS) is 30.8. The highest BCUT2D eigenvalue weighted by atomic mass is 32.2. The van der Waals surface area contributed by atoms with E-state index in [2.05, 4.69) is 11.0 Å². The van der Waals surface area contributed by atoms with Gasteiger partial charge in [0.25, 0.3) is 0 Å².